The van der Waals surface area contributed by atoms with Gasteiger partial charge in [0, 0.05) is 23.5 Å². The minimum absolute atomic E-state index is 0.0467. The molecule has 0 fully saturated rings. The first-order valence-corrected chi connectivity index (χ1v) is 7.86. The topological polar surface area (TPSA) is 108 Å². The molecule has 1 N–H and O–H groups in total. The van der Waals surface area contributed by atoms with Crippen LogP contribution in [-0.4, -0.2) is 31.8 Å². The van der Waals surface area contributed by atoms with Crippen LogP contribution in [0, 0.1) is 30.9 Å². The Hall–Kier alpha value is -3.49. The molecule has 0 unspecified atom stereocenters. The Morgan fingerprint density at radius 3 is 2.50 bits per heavy atom. The van der Waals surface area contributed by atoms with Gasteiger partial charge in [0.15, 0.2) is 0 Å². The van der Waals surface area contributed by atoms with Gasteiger partial charge in [0.05, 0.1) is 29.5 Å². The third kappa shape index (κ3) is 3.46. The maximum absolute atomic E-state index is 10.9. The zero-order chi connectivity index (χ0) is 18.8. The van der Waals surface area contributed by atoms with Crippen LogP contribution >= 0.6 is 0 Å². The number of nitro benzene ring substituents is 1. The molecule has 9 heteroatoms. The van der Waals surface area contributed by atoms with Crippen LogP contribution in [0.4, 0.5) is 17.2 Å². The Balaban J connectivity index is 1.98. The molecule has 1 aromatic carbocycles. The lowest BCUT2D eigenvalue weighted by molar-refractivity contribution is -0.384. The fourth-order valence-corrected chi connectivity index (χ4v) is 2.58. The molecule has 0 saturated heterocycles. The molecular weight excluding hydrogens is 336 g/mol. The summed E-state index contributed by atoms with van der Waals surface area (Å²) in [6.45, 7) is 5.69. The summed E-state index contributed by atoms with van der Waals surface area (Å²) in [6, 6.07) is 8.06. The number of hydrogen-bond donors (Lipinski definition) is 1. The lowest BCUT2D eigenvalue weighted by Crippen LogP contribution is -2.08. The number of ether oxygens (including phenoxy) is 1. The van der Waals surface area contributed by atoms with Crippen molar-refractivity contribution in [1.29, 1.82) is 0 Å². The van der Waals surface area contributed by atoms with Crippen molar-refractivity contribution in [2.45, 2.75) is 20.8 Å². The van der Waals surface area contributed by atoms with E-state index < -0.39 is 4.92 Å². The van der Waals surface area contributed by atoms with Crippen molar-refractivity contribution in [1.82, 2.24) is 19.7 Å². The number of aryl methyl sites for hydroxylation is 3. The molecule has 0 atom stereocenters. The summed E-state index contributed by atoms with van der Waals surface area (Å²) >= 11 is 0. The Labute approximate surface area is 149 Å². The third-order valence-electron chi connectivity index (χ3n) is 3.70. The summed E-state index contributed by atoms with van der Waals surface area (Å²) in [7, 11) is 1.46. The van der Waals surface area contributed by atoms with E-state index in [4.69, 9.17) is 4.74 Å². The number of rotatable bonds is 5. The quantitative estimate of drug-likeness (QED) is 0.553. The second-order valence-corrected chi connectivity index (χ2v) is 5.80. The predicted octanol–water partition coefficient (Wildman–Crippen LogP) is 3.25. The minimum atomic E-state index is -0.470. The number of nitrogens with zero attached hydrogens (tertiary/aromatic N) is 5. The van der Waals surface area contributed by atoms with E-state index in [1.807, 2.05) is 26.8 Å². The molecule has 0 amide bonds. The molecule has 3 aromatic rings. The van der Waals surface area contributed by atoms with Gasteiger partial charge in [0.1, 0.15) is 11.6 Å². The van der Waals surface area contributed by atoms with Gasteiger partial charge < -0.3 is 10.1 Å². The average Bonchev–Trinajstić information content (AvgIpc) is 2.93. The highest BCUT2D eigenvalue weighted by Crippen LogP contribution is 2.31. The van der Waals surface area contributed by atoms with Crippen molar-refractivity contribution >= 4 is 17.2 Å². The highest BCUT2D eigenvalue weighted by molar-refractivity contribution is 5.67. The molecular formula is C17H18N6O3. The van der Waals surface area contributed by atoms with Gasteiger partial charge in [-0.15, -0.1) is 0 Å². The number of benzene rings is 1. The summed E-state index contributed by atoms with van der Waals surface area (Å²) in [4.78, 5) is 19.4. The molecule has 134 valence electrons. The Morgan fingerprint density at radius 2 is 1.88 bits per heavy atom. The van der Waals surface area contributed by atoms with E-state index in [1.165, 1.54) is 19.2 Å². The van der Waals surface area contributed by atoms with Gasteiger partial charge in [-0.2, -0.15) is 10.1 Å². The first kappa shape index (κ1) is 17.3. The van der Waals surface area contributed by atoms with Gasteiger partial charge in [-0.3, -0.25) is 10.1 Å². The van der Waals surface area contributed by atoms with Crippen molar-refractivity contribution in [2.75, 3.05) is 12.4 Å². The fraction of sp³-hybridized carbons (Fsp3) is 0.235. The largest absolute Gasteiger partial charge is 0.494 e. The fourth-order valence-electron chi connectivity index (χ4n) is 2.58. The van der Waals surface area contributed by atoms with E-state index in [2.05, 4.69) is 20.4 Å². The van der Waals surface area contributed by atoms with Crippen LogP contribution in [0.2, 0.25) is 0 Å². The molecule has 0 spiro atoms. The predicted molar refractivity (Wildman–Crippen MR) is 96.3 cm³/mol. The molecule has 0 saturated carbocycles. The van der Waals surface area contributed by atoms with Crippen molar-refractivity contribution in [2.24, 2.45) is 0 Å². The van der Waals surface area contributed by atoms with Gasteiger partial charge in [-0.05, 0) is 32.9 Å². The average molecular weight is 354 g/mol. The molecule has 0 bridgehead atoms. The summed E-state index contributed by atoms with van der Waals surface area (Å²) in [5.74, 6) is 1.33. The Kier molecular flexibility index (Phi) is 4.53. The molecule has 3 rings (SSSR count). The number of non-ortho nitro benzene ring substituents is 1. The van der Waals surface area contributed by atoms with Gasteiger partial charge in [-0.1, -0.05) is 0 Å². The normalized spacial score (nSPS) is 10.6. The van der Waals surface area contributed by atoms with E-state index >= 15 is 0 Å². The van der Waals surface area contributed by atoms with Crippen LogP contribution in [0.3, 0.4) is 0 Å². The van der Waals surface area contributed by atoms with E-state index in [0.29, 0.717) is 23.2 Å². The number of hydrogen-bond acceptors (Lipinski definition) is 7. The molecule has 0 aliphatic heterocycles. The van der Waals surface area contributed by atoms with Crippen molar-refractivity contribution in [3.63, 3.8) is 0 Å². The molecule has 0 aliphatic rings. The zero-order valence-corrected chi connectivity index (χ0v) is 14.8. The highest BCUT2D eigenvalue weighted by atomic mass is 16.6. The third-order valence-corrected chi connectivity index (χ3v) is 3.70. The van der Waals surface area contributed by atoms with Crippen molar-refractivity contribution < 1.29 is 9.66 Å². The SMILES string of the molecule is COc1cc([N+](=O)[O-])ccc1Nc1cc(C)nc(-n2nc(C)cc2C)n1. The first-order valence-electron chi connectivity index (χ1n) is 7.86. The molecule has 26 heavy (non-hydrogen) atoms. The molecule has 0 radical (unpaired) electrons. The van der Waals surface area contributed by atoms with E-state index in [1.54, 1.807) is 16.8 Å². The summed E-state index contributed by atoms with van der Waals surface area (Å²) < 4.78 is 6.92. The van der Waals surface area contributed by atoms with Gasteiger partial charge in [0.25, 0.3) is 11.6 Å². The summed E-state index contributed by atoms with van der Waals surface area (Å²) in [6.07, 6.45) is 0. The van der Waals surface area contributed by atoms with Gasteiger partial charge in [0.2, 0.25) is 0 Å². The number of anilines is 2. The standard InChI is InChI=1S/C17H18N6O3/c1-10-8-16(20-17(18-10)22-12(3)7-11(2)21-22)19-14-6-5-13(23(24)25)9-15(14)26-4/h5-9H,1-4H3,(H,18,19,20). The van der Waals surface area contributed by atoms with Gasteiger partial charge >= 0.3 is 0 Å². The number of nitro groups is 1. The molecule has 2 heterocycles. The number of aromatic nitrogens is 4. The monoisotopic (exact) mass is 354 g/mol. The maximum atomic E-state index is 10.9. The minimum Gasteiger partial charge on any atom is -0.494 e. The van der Waals surface area contributed by atoms with Crippen LogP contribution < -0.4 is 10.1 Å². The van der Waals surface area contributed by atoms with Gasteiger partial charge in [-0.25, -0.2) is 9.67 Å². The van der Waals surface area contributed by atoms with E-state index in [9.17, 15) is 10.1 Å². The van der Waals surface area contributed by atoms with Crippen LogP contribution in [-0.2, 0) is 0 Å². The first-order chi connectivity index (χ1) is 12.4. The molecule has 0 aliphatic carbocycles. The van der Waals surface area contributed by atoms with Crippen LogP contribution in [0.15, 0.2) is 30.3 Å². The molecule has 2 aromatic heterocycles. The highest BCUT2D eigenvalue weighted by Gasteiger charge is 2.14. The van der Waals surface area contributed by atoms with Crippen LogP contribution in [0.25, 0.3) is 5.95 Å². The van der Waals surface area contributed by atoms with Crippen LogP contribution in [0.5, 0.6) is 5.75 Å². The maximum Gasteiger partial charge on any atom is 0.273 e. The Bertz CT molecular complexity index is 983. The van der Waals surface area contributed by atoms with E-state index in [0.717, 1.165) is 17.1 Å². The van der Waals surface area contributed by atoms with E-state index in [-0.39, 0.29) is 5.69 Å². The number of methoxy groups -OCH3 is 1. The van der Waals surface area contributed by atoms with Crippen molar-refractivity contribution in [3.05, 3.63) is 57.5 Å². The zero-order valence-electron chi connectivity index (χ0n) is 14.8. The van der Waals surface area contributed by atoms with Crippen LogP contribution in [0.1, 0.15) is 17.1 Å². The lowest BCUT2D eigenvalue weighted by Gasteiger charge is -2.12. The van der Waals surface area contributed by atoms with Crippen molar-refractivity contribution in [3.8, 4) is 11.7 Å². The second kappa shape index (κ2) is 6.79. The summed E-state index contributed by atoms with van der Waals surface area (Å²) in [5.41, 5.74) is 3.07. The smallest absolute Gasteiger partial charge is 0.273 e. The Morgan fingerprint density at radius 1 is 1.12 bits per heavy atom. The molecule has 9 nitrogen and oxygen atoms in total. The summed E-state index contributed by atoms with van der Waals surface area (Å²) in [5, 5.41) is 18.4. The number of nitrogens with one attached hydrogen (secondary N) is 1. The second-order valence-electron chi connectivity index (χ2n) is 5.80. The lowest BCUT2D eigenvalue weighted by atomic mass is 10.2.